The van der Waals surface area contributed by atoms with E-state index in [1.54, 1.807) is 12.1 Å². The molecule has 0 radical (unpaired) electrons. The smallest absolute Gasteiger partial charge is 0.282 e. The molecule has 9 nitrogen and oxygen atoms in total. The summed E-state index contributed by atoms with van der Waals surface area (Å²) in [6.45, 7) is 0. The Morgan fingerprint density at radius 1 is 1.08 bits per heavy atom. The van der Waals surface area contributed by atoms with E-state index in [0.29, 0.717) is 22.8 Å². The van der Waals surface area contributed by atoms with Crippen LogP contribution in [0.25, 0.3) is 0 Å². The molecular weight excluding hydrogens is 342 g/mol. The maximum Gasteiger partial charge on any atom is 0.282 e. The third-order valence-electron chi connectivity index (χ3n) is 3.45. The number of hydrogen-bond acceptors (Lipinski definition) is 7. The molecule has 0 aliphatic heterocycles. The van der Waals surface area contributed by atoms with Crippen LogP contribution >= 0.6 is 0 Å². The van der Waals surface area contributed by atoms with Crippen molar-refractivity contribution >= 4 is 17.8 Å². The summed E-state index contributed by atoms with van der Waals surface area (Å²) in [4.78, 5) is 22.5. The Labute approximate surface area is 149 Å². The van der Waals surface area contributed by atoms with Crippen LogP contribution in [0.1, 0.15) is 15.9 Å². The number of amides is 1. The summed E-state index contributed by atoms with van der Waals surface area (Å²) in [5.41, 5.74) is 2.39. The summed E-state index contributed by atoms with van der Waals surface area (Å²) >= 11 is 0. The van der Waals surface area contributed by atoms with Gasteiger partial charge in [-0.2, -0.15) is 5.10 Å². The van der Waals surface area contributed by atoms with Crippen LogP contribution in [0.5, 0.6) is 17.2 Å². The molecule has 2 rings (SSSR count). The standard InChI is InChI=1S/C17H17N3O6/c1-24-14-9-16(26-3)15(25-2)8-11(14)10-18-19-17(21)12-6-4-5-7-13(12)20(22)23/h4-10H,1-3H3,(H,19,21)/b18-10+. The van der Waals surface area contributed by atoms with Crippen molar-refractivity contribution in [2.45, 2.75) is 0 Å². The fourth-order valence-corrected chi connectivity index (χ4v) is 2.20. The number of carbonyl (C=O) groups excluding carboxylic acids is 1. The molecule has 0 saturated heterocycles. The van der Waals surface area contributed by atoms with Crippen molar-refractivity contribution in [3.63, 3.8) is 0 Å². The van der Waals surface area contributed by atoms with E-state index in [1.165, 1.54) is 51.8 Å². The summed E-state index contributed by atoms with van der Waals surface area (Å²) < 4.78 is 15.6. The molecule has 1 N–H and O–H groups in total. The minimum atomic E-state index is -0.701. The van der Waals surface area contributed by atoms with Crippen molar-refractivity contribution in [1.82, 2.24) is 5.43 Å². The van der Waals surface area contributed by atoms with Crippen LogP contribution in [-0.4, -0.2) is 38.4 Å². The quantitative estimate of drug-likeness (QED) is 0.461. The molecule has 2 aromatic rings. The lowest BCUT2D eigenvalue weighted by Gasteiger charge is -2.11. The number of benzene rings is 2. The molecule has 0 aliphatic rings. The maximum absolute atomic E-state index is 12.1. The molecule has 0 atom stereocenters. The molecule has 0 unspecified atom stereocenters. The minimum Gasteiger partial charge on any atom is -0.496 e. The Morgan fingerprint density at radius 3 is 2.31 bits per heavy atom. The Balaban J connectivity index is 2.23. The largest absolute Gasteiger partial charge is 0.496 e. The van der Waals surface area contributed by atoms with Crippen LogP contribution < -0.4 is 19.6 Å². The van der Waals surface area contributed by atoms with Gasteiger partial charge in [0.2, 0.25) is 0 Å². The number of ether oxygens (including phenoxy) is 3. The van der Waals surface area contributed by atoms with Gasteiger partial charge in [-0.1, -0.05) is 12.1 Å². The summed E-state index contributed by atoms with van der Waals surface area (Å²) in [5.74, 6) is 0.685. The first kappa shape index (κ1) is 18.7. The van der Waals surface area contributed by atoms with E-state index in [0.717, 1.165) is 0 Å². The topological polar surface area (TPSA) is 112 Å². The minimum absolute atomic E-state index is 0.0890. The van der Waals surface area contributed by atoms with Gasteiger partial charge in [0.25, 0.3) is 11.6 Å². The predicted molar refractivity (Wildman–Crippen MR) is 94.3 cm³/mol. The molecule has 2 aromatic carbocycles. The van der Waals surface area contributed by atoms with Crippen LogP contribution in [0.3, 0.4) is 0 Å². The number of nitro groups is 1. The Morgan fingerprint density at radius 2 is 1.69 bits per heavy atom. The number of hydrogen-bond donors (Lipinski definition) is 1. The summed E-state index contributed by atoms with van der Waals surface area (Å²) in [6.07, 6.45) is 1.34. The third kappa shape index (κ3) is 4.07. The molecule has 1 amide bonds. The van der Waals surface area contributed by atoms with Crippen molar-refractivity contribution in [2.75, 3.05) is 21.3 Å². The first-order valence-corrected chi connectivity index (χ1v) is 7.38. The molecule has 0 bridgehead atoms. The maximum atomic E-state index is 12.1. The highest BCUT2D eigenvalue weighted by molar-refractivity contribution is 5.98. The predicted octanol–water partition coefficient (Wildman–Crippen LogP) is 2.38. The molecule has 136 valence electrons. The number of carbonyl (C=O) groups is 1. The molecule has 0 fully saturated rings. The number of nitrogens with zero attached hydrogens (tertiary/aromatic N) is 2. The lowest BCUT2D eigenvalue weighted by atomic mass is 10.2. The van der Waals surface area contributed by atoms with Gasteiger partial charge in [0.1, 0.15) is 11.3 Å². The van der Waals surface area contributed by atoms with Crippen molar-refractivity contribution in [3.8, 4) is 17.2 Å². The summed E-state index contributed by atoms with van der Waals surface area (Å²) in [6, 6.07) is 8.84. The second-order valence-corrected chi connectivity index (χ2v) is 4.92. The Hall–Kier alpha value is -3.62. The van der Waals surface area contributed by atoms with E-state index in [4.69, 9.17) is 14.2 Å². The monoisotopic (exact) mass is 359 g/mol. The van der Waals surface area contributed by atoms with Crippen LogP contribution in [0.2, 0.25) is 0 Å². The number of nitro benzene ring substituents is 1. The third-order valence-corrected chi connectivity index (χ3v) is 3.45. The highest BCUT2D eigenvalue weighted by Gasteiger charge is 2.18. The first-order valence-electron chi connectivity index (χ1n) is 7.38. The number of para-hydroxylation sites is 1. The average molecular weight is 359 g/mol. The molecule has 0 aliphatic carbocycles. The van der Waals surface area contributed by atoms with E-state index in [2.05, 4.69) is 10.5 Å². The molecule has 0 heterocycles. The summed E-state index contributed by atoms with van der Waals surface area (Å²) in [7, 11) is 4.46. The van der Waals surface area contributed by atoms with Gasteiger partial charge in [-0.25, -0.2) is 5.43 Å². The first-order chi connectivity index (χ1) is 12.5. The SMILES string of the molecule is COc1cc(OC)c(OC)cc1/C=N/NC(=O)c1ccccc1[N+](=O)[O-]. The molecule has 9 heteroatoms. The zero-order valence-corrected chi connectivity index (χ0v) is 14.4. The Bertz CT molecular complexity index is 850. The fourth-order valence-electron chi connectivity index (χ4n) is 2.20. The van der Waals surface area contributed by atoms with Gasteiger partial charge in [-0.3, -0.25) is 14.9 Å². The second kappa shape index (κ2) is 8.47. The molecule has 0 aromatic heterocycles. The van der Waals surface area contributed by atoms with Crippen molar-refractivity contribution in [3.05, 3.63) is 57.6 Å². The lowest BCUT2D eigenvalue weighted by molar-refractivity contribution is -0.385. The average Bonchev–Trinajstić information content (AvgIpc) is 2.67. The van der Waals surface area contributed by atoms with Crippen LogP contribution in [0.15, 0.2) is 41.5 Å². The zero-order valence-electron chi connectivity index (χ0n) is 14.4. The van der Waals surface area contributed by atoms with E-state index in [9.17, 15) is 14.9 Å². The Kier molecular flexibility index (Phi) is 6.10. The van der Waals surface area contributed by atoms with Crippen molar-refractivity contribution < 1.29 is 23.9 Å². The number of methoxy groups -OCH3 is 3. The van der Waals surface area contributed by atoms with Crippen molar-refractivity contribution in [2.24, 2.45) is 5.10 Å². The number of nitrogens with one attached hydrogen (secondary N) is 1. The van der Waals surface area contributed by atoms with Gasteiger partial charge in [-0.05, 0) is 12.1 Å². The second-order valence-electron chi connectivity index (χ2n) is 4.92. The zero-order chi connectivity index (χ0) is 19.1. The van der Waals surface area contributed by atoms with Crippen LogP contribution in [0, 0.1) is 10.1 Å². The normalized spacial score (nSPS) is 10.4. The molecule has 0 spiro atoms. The highest BCUT2D eigenvalue weighted by Crippen LogP contribution is 2.33. The van der Waals surface area contributed by atoms with Gasteiger partial charge >= 0.3 is 0 Å². The van der Waals surface area contributed by atoms with Gasteiger partial charge in [0.05, 0.1) is 32.5 Å². The number of rotatable bonds is 7. The molecule has 26 heavy (non-hydrogen) atoms. The van der Waals surface area contributed by atoms with Gasteiger partial charge in [-0.15, -0.1) is 0 Å². The van der Waals surface area contributed by atoms with Gasteiger partial charge < -0.3 is 14.2 Å². The molecular formula is C17H17N3O6. The van der Waals surface area contributed by atoms with E-state index < -0.39 is 10.8 Å². The van der Waals surface area contributed by atoms with Gasteiger partial charge in [0.15, 0.2) is 11.5 Å². The summed E-state index contributed by atoms with van der Waals surface area (Å²) in [5, 5.41) is 14.8. The fraction of sp³-hybridized carbons (Fsp3) is 0.176. The lowest BCUT2D eigenvalue weighted by Crippen LogP contribution is -2.19. The van der Waals surface area contributed by atoms with Crippen LogP contribution in [0.4, 0.5) is 5.69 Å². The van der Waals surface area contributed by atoms with Crippen LogP contribution in [-0.2, 0) is 0 Å². The highest BCUT2D eigenvalue weighted by atomic mass is 16.6. The van der Waals surface area contributed by atoms with Crippen molar-refractivity contribution in [1.29, 1.82) is 0 Å². The molecule has 0 saturated carbocycles. The number of hydrazone groups is 1. The van der Waals surface area contributed by atoms with E-state index >= 15 is 0 Å². The van der Waals surface area contributed by atoms with Gasteiger partial charge in [0, 0.05) is 17.7 Å². The van der Waals surface area contributed by atoms with E-state index in [-0.39, 0.29) is 11.3 Å². The van der Waals surface area contributed by atoms with E-state index in [1.807, 2.05) is 0 Å².